The van der Waals surface area contributed by atoms with Crippen LogP contribution in [0.3, 0.4) is 0 Å². The molecule has 0 radical (unpaired) electrons. The van der Waals surface area contributed by atoms with Crippen molar-refractivity contribution in [2.75, 3.05) is 19.6 Å². The van der Waals surface area contributed by atoms with Crippen LogP contribution in [-0.4, -0.2) is 35.2 Å². The zero-order valence-electron chi connectivity index (χ0n) is 22.2. The molecule has 9 nitrogen and oxygen atoms in total. The van der Waals surface area contributed by atoms with Crippen LogP contribution >= 0.6 is 42.6 Å². The number of imidazole rings is 1. The molecule has 1 heterocycles. The van der Waals surface area contributed by atoms with Crippen LogP contribution in [0, 0.1) is 0 Å². The first-order chi connectivity index (χ1) is 18.5. The van der Waals surface area contributed by atoms with Crippen LogP contribution in [0.1, 0.15) is 50.7 Å². The highest BCUT2D eigenvalue weighted by Crippen LogP contribution is 2.48. The van der Waals surface area contributed by atoms with Crippen LogP contribution < -0.4 is 10.5 Å². The summed E-state index contributed by atoms with van der Waals surface area (Å²) in [6, 6.07) is 12.7. The summed E-state index contributed by atoms with van der Waals surface area (Å²) in [6.07, 6.45) is -1.11. The Morgan fingerprint density at radius 3 is 2.36 bits per heavy atom. The van der Waals surface area contributed by atoms with E-state index in [1.165, 1.54) is 11.8 Å². The van der Waals surface area contributed by atoms with Gasteiger partial charge in [0.15, 0.2) is 13.0 Å². The third-order valence-corrected chi connectivity index (χ3v) is 8.53. The molecule has 13 heteroatoms. The normalized spacial score (nSPS) is 11.7. The number of carbonyl (C=O) groups excluding carboxylic acids is 1. The van der Waals surface area contributed by atoms with E-state index >= 15 is 0 Å². The molecule has 3 rings (SSSR count). The lowest BCUT2D eigenvalue weighted by Gasteiger charge is -2.18. The average molecular weight is 617 g/mol. The van der Waals surface area contributed by atoms with Crippen molar-refractivity contribution in [3.8, 4) is 5.75 Å². The van der Waals surface area contributed by atoms with Gasteiger partial charge in [0.1, 0.15) is 16.6 Å². The molecule has 0 saturated carbocycles. The maximum absolute atomic E-state index is 12.8. The van der Waals surface area contributed by atoms with Crippen molar-refractivity contribution in [2.45, 2.75) is 56.7 Å². The fourth-order valence-electron chi connectivity index (χ4n) is 3.67. The molecule has 0 spiro atoms. The van der Waals surface area contributed by atoms with Crippen LogP contribution in [0.15, 0.2) is 52.4 Å². The number of halogens is 2. The summed E-state index contributed by atoms with van der Waals surface area (Å²) in [5, 5.41) is 1.87. The lowest BCUT2D eigenvalue weighted by Crippen LogP contribution is -2.15. The Hall–Kier alpha value is -2.20. The maximum Gasteiger partial charge on any atom is 0.404 e. The smallest absolute Gasteiger partial charge is 0.404 e. The first-order valence-electron chi connectivity index (χ1n) is 12.3. The van der Waals surface area contributed by atoms with Crippen molar-refractivity contribution in [3.63, 3.8) is 0 Å². The molecule has 0 unspecified atom stereocenters. The van der Waals surface area contributed by atoms with Gasteiger partial charge in [0.2, 0.25) is 0 Å². The van der Waals surface area contributed by atoms with Gasteiger partial charge in [0.05, 0.1) is 25.5 Å². The standard InChI is InChI=1S/C26H32Cl2N3O6PS/c1-5-36-38(33,37-6-2)16-35-21-9-7-8-18(10-21)14-31-23(15-34-26(29)32)30-24(17(3)4)25(31)39-22-12-19(27)11-20(28)13-22/h7-13,17H,5-6,14-16H2,1-4H3,(H2,29,32). The third kappa shape index (κ3) is 9.17. The average Bonchev–Trinajstić information content (AvgIpc) is 3.18. The van der Waals surface area contributed by atoms with Crippen LogP contribution in [0.5, 0.6) is 5.75 Å². The molecular formula is C26H32Cl2N3O6PS. The van der Waals surface area contributed by atoms with Gasteiger partial charge >= 0.3 is 13.7 Å². The quantitative estimate of drug-likeness (QED) is 0.183. The molecule has 0 fully saturated rings. The topological polar surface area (TPSA) is 115 Å². The maximum atomic E-state index is 12.8. The molecule has 3 aromatic rings. The van der Waals surface area contributed by atoms with Crippen molar-refractivity contribution in [2.24, 2.45) is 5.73 Å². The third-order valence-electron chi connectivity index (χ3n) is 5.25. The summed E-state index contributed by atoms with van der Waals surface area (Å²) < 4.78 is 36.3. The van der Waals surface area contributed by atoms with Gasteiger partial charge in [-0.2, -0.15) is 0 Å². The van der Waals surface area contributed by atoms with Crippen LogP contribution in [-0.2, 0) is 31.5 Å². The zero-order chi connectivity index (χ0) is 28.6. The summed E-state index contributed by atoms with van der Waals surface area (Å²) >= 11 is 14.0. The number of rotatable bonds is 14. The molecule has 212 valence electrons. The Morgan fingerprint density at radius 2 is 1.77 bits per heavy atom. The molecule has 0 atom stereocenters. The van der Waals surface area contributed by atoms with E-state index in [0.717, 1.165) is 21.2 Å². The van der Waals surface area contributed by atoms with Crippen LogP contribution in [0.2, 0.25) is 10.0 Å². The molecule has 0 aliphatic rings. The summed E-state index contributed by atoms with van der Waals surface area (Å²) in [6.45, 7) is 8.31. The number of carbonyl (C=O) groups is 1. The number of primary amides is 1. The number of ether oxygens (including phenoxy) is 2. The minimum atomic E-state index is -3.38. The van der Waals surface area contributed by atoms with Crippen LogP contribution in [0.25, 0.3) is 0 Å². The summed E-state index contributed by atoms with van der Waals surface area (Å²) in [7, 11) is -3.38. The van der Waals surface area contributed by atoms with Crippen LogP contribution in [0.4, 0.5) is 4.79 Å². The molecule has 1 amide bonds. The lowest BCUT2D eigenvalue weighted by molar-refractivity contribution is 0.145. The van der Waals surface area contributed by atoms with E-state index in [9.17, 15) is 9.36 Å². The Balaban J connectivity index is 1.97. The fraction of sp³-hybridized carbons (Fsp3) is 0.385. The molecule has 2 aromatic carbocycles. The van der Waals surface area contributed by atoms with Gasteiger partial charge in [0, 0.05) is 14.9 Å². The van der Waals surface area contributed by atoms with Gasteiger partial charge < -0.3 is 28.8 Å². The molecule has 0 bridgehead atoms. The monoisotopic (exact) mass is 615 g/mol. The number of hydrogen-bond acceptors (Lipinski definition) is 8. The minimum Gasteiger partial charge on any atom is -0.481 e. The Kier molecular flexibility index (Phi) is 11.6. The number of nitrogens with two attached hydrogens (primary N) is 1. The molecule has 0 aliphatic heterocycles. The molecule has 0 saturated heterocycles. The van der Waals surface area contributed by atoms with E-state index in [4.69, 9.17) is 52.4 Å². The van der Waals surface area contributed by atoms with Gasteiger partial charge in [-0.05, 0) is 55.7 Å². The Morgan fingerprint density at radius 1 is 1.10 bits per heavy atom. The first-order valence-corrected chi connectivity index (χ1v) is 15.6. The summed E-state index contributed by atoms with van der Waals surface area (Å²) in [5.41, 5.74) is 6.93. The second-order valence-electron chi connectivity index (χ2n) is 8.64. The summed E-state index contributed by atoms with van der Waals surface area (Å²) in [4.78, 5) is 17.0. The molecule has 2 N–H and O–H groups in total. The van der Waals surface area contributed by atoms with Gasteiger partial charge in [0.25, 0.3) is 0 Å². The van der Waals surface area contributed by atoms with Crippen molar-refractivity contribution in [1.29, 1.82) is 0 Å². The van der Waals surface area contributed by atoms with Crippen molar-refractivity contribution >= 4 is 48.7 Å². The number of nitrogens with zero attached hydrogens (tertiary/aromatic N) is 2. The Labute approximate surface area is 242 Å². The molecule has 0 aliphatic carbocycles. The van der Waals surface area contributed by atoms with Crippen molar-refractivity contribution < 1.29 is 27.9 Å². The molecular weight excluding hydrogens is 584 g/mol. The van der Waals surface area contributed by atoms with Crippen molar-refractivity contribution in [1.82, 2.24) is 9.55 Å². The minimum absolute atomic E-state index is 0.0664. The number of hydrogen-bond donors (Lipinski definition) is 1. The number of amides is 1. The largest absolute Gasteiger partial charge is 0.481 e. The number of benzene rings is 2. The van der Waals surface area contributed by atoms with E-state index in [1.54, 1.807) is 26.0 Å². The van der Waals surface area contributed by atoms with E-state index in [2.05, 4.69) is 0 Å². The predicted molar refractivity (Wildman–Crippen MR) is 153 cm³/mol. The van der Waals surface area contributed by atoms with Gasteiger partial charge in [-0.25, -0.2) is 9.78 Å². The number of aromatic nitrogens is 2. The van der Waals surface area contributed by atoms with Gasteiger partial charge in [-0.3, -0.25) is 4.57 Å². The van der Waals surface area contributed by atoms with E-state index in [0.29, 0.717) is 28.2 Å². The van der Waals surface area contributed by atoms with E-state index in [-0.39, 0.29) is 32.1 Å². The van der Waals surface area contributed by atoms with Gasteiger partial charge in [-0.15, -0.1) is 0 Å². The predicted octanol–water partition coefficient (Wildman–Crippen LogP) is 7.71. The Bertz CT molecular complexity index is 1310. The molecule has 39 heavy (non-hydrogen) atoms. The highest BCUT2D eigenvalue weighted by atomic mass is 35.5. The highest BCUT2D eigenvalue weighted by Gasteiger charge is 2.25. The first kappa shape index (κ1) is 31.3. The lowest BCUT2D eigenvalue weighted by atomic mass is 10.1. The fourth-order valence-corrected chi connectivity index (χ4v) is 6.90. The highest BCUT2D eigenvalue weighted by molar-refractivity contribution is 7.99. The van der Waals surface area contributed by atoms with Crippen molar-refractivity contribution in [3.05, 3.63) is 69.6 Å². The van der Waals surface area contributed by atoms with E-state index < -0.39 is 13.7 Å². The van der Waals surface area contributed by atoms with E-state index in [1.807, 2.05) is 48.7 Å². The zero-order valence-corrected chi connectivity index (χ0v) is 25.4. The second-order valence-corrected chi connectivity index (χ2v) is 12.6. The molecule has 1 aromatic heterocycles. The summed E-state index contributed by atoms with van der Waals surface area (Å²) in [5.74, 6) is 1.09. The SMILES string of the molecule is CCOP(=O)(COc1cccc(Cn2c(COC(N)=O)nc(C(C)C)c2Sc2cc(Cl)cc(Cl)c2)c1)OCC. The second kappa shape index (κ2) is 14.4. The van der Waals surface area contributed by atoms with Gasteiger partial charge in [-0.1, -0.05) is 60.9 Å².